The number of aryl methyl sites for hydroxylation is 2. The molecule has 2 rings (SSSR count). The van der Waals surface area contributed by atoms with Gasteiger partial charge in [0.2, 0.25) is 0 Å². The van der Waals surface area contributed by atoms with Crippen LogP contribution in [0.3, 0.4) is 0 Å². The Bertz CT molecular complexity index is 680. The summed E-state index contributed by atoms with van der Waals surface area (Å²) in [6.45, 7) is 8.14. The maximum absolute atomic E-state index is 11.3. The van der Waals surface area contributed by atoms with E-state index in [0.717, 1.165) is 15.6 Å². The van der Waals surface area contributed by atoms with Crippen LogP contribution in [-0.4, -0.2) is 16.1 Å². The quantitative estimate of drug-likeness (QED) is 0.891. The van der Waals surface area contributed by atoms with Gasteiger partial charge < -0.3 is 5.11 Å². The maximum Gasteiger partial charge on any atom is 0.335 e. The lowest BCUT2D eigenvalue weighted by molar-refractivity contribution is 0.0696. The van der Waals surface area contributed by atoms with Gasteiger partial charge in [-0.25, -0.2) is 9.78 Å². The van der Waals surface area contributed by atoms with Crippen LogP contribution in [0.5, 0.6) is 0 Å². The molecule has 2 aromatic rings. The topological polar surface area (TPSA) is 50.2 Å². The van der Waals surface area contributed by atoms with Crippen molar-refractivity contribution < 1.29 is 9.90 Å². The second kappa shape index (κ2) is 6.31. The highest BCUT2D eigenvalue weighted by Crippen LogP contribution is 2.31. The maximum atomic E-state index is 11.3. The highest BCUT2D eigenvalue weighted by atomic mass is 32.2. The first-order valence-electron chi connectivity index (χ1n) is 6.87. The van der Waals surface area contributed by atoms with Crippen LogP contribution in [0, 0.1) is 13.8 Å². The Hall–Kier alpha value is -1.81. The van der Waals surface area contributed by atoms with E-state index < -0.39 is 5.97 Å². The summed E-state index contributed by atoms with van der Waals surface area (Å²) < 4.78 is 0. The minimum absolute atomic E-state index is 0.197. The van der Waals surface area contributed by atoms with E-state index >= 15 is 0 Å². The summed E-state index contributed by atoms with van der Waals surface area (Å²) >= 11 is 1.51. The van der Waals surface area contributed by atoms with Gasteiger partial charge in [-0.3, -0.25) is 0 Å². The van der Waals surface area contributed by atoms with Crippen molar-refractivity contribution in [2.45, 2.75) is 43.5 Å². The molecule has 1 N–H and O–H groups in total. The van der Waals surface area contributed by atoms with Crippen LogP contribution in [0.4, 0.5) is 0 Å². The third-order valence-corrected chi connectivity index (χ3v) is 4.30. The number of carboxylic acid groups (broad SMARTS) is 1. The molecule has 1 aromatic carbocycles. The summed E-state index contributed by atoms with van der Waals surface area (Å²) in [5.74, 6) is -0.718. The van der Waals surface area contributed by atoms with Crippen molar-refractivity contribution in [3.63, 3.8) is 0 Å². The predicted octanol–water partition coefficient (Wildman–Crippen LogP) is 4.67. The first-order valence-corrected chi connectivity index (χ1v) is 7.69. The number of carbonyl (C=O) groups is 1. The Kier molecular flexibility index (Phi) is 4.68. The van der Waals surface area contributed by atoms with Crippen LogP contribution in [0.2, 0.25) is 0 Å². The molecule has 0 unspecified atom stereocenters. The number of carboxylic acids is 1. The molecule has 0 aliphatic heterocycles. The molecule has 0 saturated carbocycles. The smallest absolute Gasteiger partial charge is 0.335 e. The van der Waals surface area contributed by atoms with Crippen molar-refractivity contribution in [2.24, 2.45) is 0 Å². The van der Waals surface area contributed by atoms with Crippen LogP contribution >= 0.6 is 11.8 Å². The highest BCUT2D eigenvalue weighted by Gasteiger charge is 2.12. The van der Waals surface area contributed by atoms with Gasteiger partial charge in [0, 0.05) is 10.6 Å². The molecular formula is C17H19NO2S. The SMILES string of the molecule is Cc1ccc(Sc2cc(C(=O)O)cc(C(C)C)n2)c(C)c1. The predicted molar refractivity (Wildman–Crippen MR) is 85.3 cm³/mol. The Morgan fingerprint density at radius 1 is 1.19 bits per heavy atom. The van der Waals surface area contributed by atoms with Crippen LogP contribution < -0.4 is 0 Å². The number of hydrogen-bond donors (Lipinski definition) is 1. The molecule has 0 fully saturated rings. The van der Waals surface area contributed by atoms with E-state index in [4.69, 9.17) is 0 Å². The van der Waals surface area contributed by atoms with Gasteiger partial charge in [-0.2, -0.15) is 0 Å². The molecule has 0 atom stereocenters. The number of rotatable bonds is 4. The average Bonchev–Trinajstić information content (AvgIpc) is 2.41. The van der Waals surface area contributed by atoms with E-state index in [1.54, 1.807) is 12.1 Å². The molecule has 0 aliphatic rings. The van der Waals surface area contributed by atoms with E-state index in [-0.39, 0.29) is 5.92 Å². The third kappa shape index (κ3) is 3.85. The molecule has 0 saturated heterocycles. The molecule has 0 bridgehead atoms. The number of aromatic carboxylic acids is 1. The van der Waals surface area contributed by atoms with Gasteiger partial charge in [-0.1, -0.05) is 43.3 Å². The van der Waals surface area contributed by atoms with Crippen molar-refractivity contribution in [1.82, 2.24) is 4.98 Å². The first-order chi connectivity index (χ1) is 9.86. The molecule has 0 amide bonds. The standard InChI is InChI=1S/C17H19NO2S/c1-10(2)14-8-13(17(19)20)9-16(18-14)21-15-6-5-11(3)7-12(15)4/h5-10H,1-4H3,(H,19,20). The normalized spacial score (nSPS) is 10.9. The van der Waals surface area contributed by atoms with Crippen molar-refractivity contribution in [2.75, 3.05) is 0 Å². The van der Waals surface area contributed by atoms with Gasteiger partial charge in [-0.05, 0) is 43.5 Å². The average molecular weight is 301 g/mol. The third-order valence-electron chi connectivity index (χ3n) is 3.21. The van der Waals surface area contributed by atoms with E-state index in [9.17, 15) is 9.90 Å². The Morgan fingerprint density at radius 2 is 1.90 bits per heavy atom. The Balaban J connectivity index is 2.41. The van der Waals surface area contributed by atoms with Gasteiger partial charge in [0.25, 0.3) is 0 Å². The van der Waals surface area contributed by atoms with Gasteiger partial charge >= 0.3 is 5.97 Å². The van der Waals surface area contributed by atoms with E-state index in [1.165, 1.54) is 22.9 Å². The summed E-state index contributed by atoms with van der Waals surface area (Å²) in [4.78, 5) is 16.9. The zero-order chi connectivity index (χ0) is 15.6. The van der Waals surface area contributed by atoms with Gasteiger partial charge in [0.1, 0.15) is 5.03 Å². The van der Waals surface area contributed by atoms with Gasteiger partial charge in [-0.15, -0.1) is 0 Å². The summed E-state index contributed by atoms with van der Waals surface area (Å²) in [7, 11) is 0. The summed E-state index contributed by atoms with van der Waals surface area (Å²) in [6.07, 6.45) is 0. The lowest BCUT2D eigenvalue weighted by Gasteiger charge is -2.10. The largest absolute Gasteiger partial charge is 0.478 e. The van der Waals surface area contributed by atoms with Gasteiger partial charge in [0.15, 0.2) is 0 Å². The Morgan fingerprint density at radius 3 is 2.48 bits per heavy atom. The number of nitrogens with zero attached hydrogens (tertiary/aromatic N) is 1. The molecule has 110 valence electrons. The Labute approximate surface area is 129 Å². The lowest BCUT2D eigenvalue weighted by atomic mass is 10.1. The number of pyridine rings is 1. The van der Waals surface area contributed by atoms with Crippen molar-refractivity contribution in [3.05, 3.63) is 52.7 Å². The monoisotopic (exact) mass is 301 g/mol. The molecule has 4 heteroatoms. The van der Waals surface area contributed by atoms with Crippen LogP contribution in [0.15, 0.2) is 40.3 Å². The molecule has 1 aromatic heterocycles. The zero-order valence-electron chi connectivity index (χ0n) is 12.7. The van der Waals surface area contributed by atoms with E-state index in [0.29, 0.717) is 5.56 Å². The second-order valence-corrected chi connectivity index (χ2v) is 6.51. The van der Waals surface area contributed by atoms with E-state index in [2.05, 4.69) is 37.0 Å². The minimum atomic E-state index is -0.915. The summed E-state index contributed by atoms with van der Waals surface area (Å²) in [6, 6.07) is 9.52. The van der Waals surface area contributed by atoms with E-state index in [1.807, 2.05) is 13.8 Å². The fourth-order valence-electron chi connectivity index (χ4n) is 2.02. The molecule has 0 radical (unpaired) electrons. The molecule has 0 spiro atoms. The molecule has 0 aliphatic carbocycles. The molecular weight excluding hydrogens is 282 g/mol. The highest BCUT2D eigenvalue weighted by molar-refractivity contribution is 7.99. The molecule has 21 heavy (non-hydrogen) atoms. The summed E-state index contributed by atoms with van der Waals surface area (Å²) in [5, 5.41) is 9.96. The molecule has 1 heterocycles. The summed E-state index contributed by atoms with van der Waals surface area (Å²) in [5.41, 5.74) is 3.49. The first kappa shape index (κ1) is 15.6. The number of hydrogen-bond acceptors (Lipinski definition) is 3. The van der Waals surface area contributed by atoms with Gasteiger partial charge in [0.05, 0.1) is 5.56 Å². The minimum Gasteiger partial charge on any atom is -0.478 e. The van der Waals surface area contributed by atoms with Crippen LogP contribution in [-0.2, 0) is 0 Å². The fourth-order valence-corrected chi connectivity index (χ4v) is 2.94. The van der Waals surface area contributed by atoms with Crippen LogP contribution in [0.1, 0.15) is 46.9 Å². The zero-order valence-corrected chi connectivity index (χ0v) is 13.5. The van der Waals surface area contributed by atoms with Crippen molar-refractivity contribution in [3.8, 4) is 0 Å². The second-order valence-electron chi connectivity index (χ2n) is 5.45. The fraction of sp³-hybridized carbons (Fsp3) is 0.294. The van der Waals surface area contributed by atoms with Crippen LogP contribution in [0.25, 0.3) is 0 Å². The van der Waals surface area contributed by atoms with Crippen molar-refractivity contribution >= 4 is 17.7 Å². The lowest BCUT2D eigenvalue weighted by Crippen LogP contribution is -2.02. The number of aromatic nitrogens is 1. The number of benzene rings is 1. The molecule has 3 nitrogen and oxygen atoms in total. The van der Waals surface area contributed by atoms with Crippen molar-refractivity contribution in [1.29, 1.82) is 0 Å².